The SMILES string of the molecule is C/C=C1/CN(/C(C)=C\CC)N=CN=C1Oc1ccc(NC(=O)NC(=O)Cc2ccc(F)cc2)cc1F.C=C(C=C(C)C)C(=C)/C=C\C=C(/C)CC.CCC.CCCCC/C=N/SC(C)=NCC.CCNCCC(N)CC. The smallest absolute Gasteiger partial charge is 0.325 e. The summed E-state index contributed by atoms with van der Waals surface area (Å²) in [5.74, 6) is -1.63. The second kappa shape index (κ2) is 46.3. The van der Waals surface area contributed by atoms with Gasteiger partial charge in [-0.25, -0.2) is 18.0 Å². The summed E-state index contributed by atoms with van der Waals surface area (Å²) in [6.45, 7) is 40.2. The van der Waals surface area contributed by atoms with Crippen molar-refractivity contribution in [3.8, 4) is 5.75 Å². The van der Waals surface area contributed by atoms with Crippen molar-refractivity contribution in [2.24, 2.45) is 25.2 Å². The number of allylic oxidation sites excluding steroid dienone is 11. The van der Waals surface area contributed by atoms with E-state index in [0.29, 0.717) is 18.2 Å². The number of carbonyl (C=O) groups is 2. The van der Waals surface area contributed by atoms with Gasteiger partial charge in [-0.2, -0.15) is 10.1 Å². The third-order valence-corrected chi connectivity index (χ3v) is 10.9. The zero-order valence-corrected chi connectivity index (χ0v) is 49.6. The first kappa shape index (κ1) is 72.0. The van der Waals surface area contributed by atoms with E-state index in [1.165, 1.54) is 91.5 Å². The Balaban J connectivity index is 0. The van der Waals surface area contributed by atoms with Crippen molar-refractivity contribution in [2.45, 2.75) is 167 Å². The molecule has 2 aromatic carbocycles. The molecular weight excluding hydrogens is 977 g/mol. The maximum Gasteiger partial charge on any atom is 0.325 e. The summed E-state index contributed by atoms with van der Waals surface area (Å²) < 4.78 is 37.7. The molecule has 0 saturated carbocycles. The summed E-state index contributed by atoms with van der Waals surface area (Å²) in [6, 6.07) is 8.77. The maximum atomic E-state index is 14.8. The number of carbonyl (C=O) groups excluding carboxylic acids is 2. The Bertz CT molecular complexity index is 2280. The van der Waals surface area contributed by atoms with E-state index >= 15 is 0 Å². The van der Waals surface area contributed by atoms with Crippen molar-refractivity contribution >= 4 is 53.1 Å². The van der Waals surface area contributed by atoms with Crippen LogP contribution in [0.3, 0.4) is 0 Å². The number of unbranched alkanes of at least 4 members (excludes halogenated alkanes) is 3. The lowest BCUT2D eigenvalue weighted by molar-refractivity contribution is -0.119. The number of imide groups is 1. The Morgan fingerprint density at radius 3 is 2.21 bits per heavy atom. The van der Waals surface area contributed by atoms with Crippen molar-refractivity contribution in [3.05, 3.63) is 143 Å². The monoisotopic (exact) mass is 1070 g/mol. The van der Waals surface area contributed by atoms with Gasteiger partial charge in [0.25, 0.3) is 0 Å². The summed E-state index contributed by atoms with van der Waals surface area (Å²) >= 11 is 1.48. The second-order valence-electron chi connectivity index (χ2n) is 17.7. The number of hydrogen-bond acceptors (Lipinski definition) is 11. The highest BCUT2D eigenvalue weighted by molar-refractivity contribution is 8.12. The van der Waals surface area contributed by atoms with Crippen molar-refractivity contribution in [1.82, 2.24) is 15.6 Å². The van der Waals surface area contributed by atoms with Crippen LogP contribution < -0.4 is 26.4 Å². The summed E-state index contributed by atoms with van der Waals surface area (Å²) in [6.07, 6.45) is 25.6. The third-order valence-electron chi connectivity index (χ3n) is 10.3. The molecule has 1 aliphatic heterocycles. The molecular formula is C61H95F2N9O3S. The number of amides is 3. The molecule has 15 heteroatoms. The molecule has 0 fully saturated rings. The van der Waals surface area contributed by atoms with Crippen LogP contribution in [0.25, 0.3) is 0 Å². The van der Waals surface area contributed by atoms with Gasteiger partial charge in [-0.3, -0.25) is 20.1 Å². The molecule has 0 radical (unpaired) electrons. The van der Waals surface area contributed by atoms with E-state index < -0.39 is 23.6 Å². The molecule has 2 aromatic rings. The summed E-state index contributed by atoms with van der Waals surface area (Å²) in [7, 11) is 0. The molecule has 12 nitrogen and oxygen atoms in total. The molecule has 1 heterocycles. The van der Waals surface area contributed by atoms with Crippen molar-refractivity contribution in [1.29, 1.82) is 0 Å². The lowest BCUT2D eigenvalue weighted by Gasteiger charge is -2.19. The van der Waals surface area contributed by atoms with Crippen LogP contribution in [0.2, 0.25) is 0 Å². The first-order valence-electron chi connectivity index (χ1n) is 26.8. The highest BCUT2D eigenvalue weighted by atomic mass is 32.2. The average Bonchev–Trinajstić information content (AvgIpc) is 3.59. The predicted octanol–water partition coefficient (Wildman–Crippen LogP) is 16.0. The van der Waals surface area contributed by atoms with Gasteiger partial charge < -0.3 is 21.1 Å². The van der Waals surface area contributed by atoms with Gasteiger partial charge in [-0.15, -0.1) is 0 Å². The Morgan fingerprint density at radius 1 is 0.961 bits per heavy atom. The van der Waals surface area contributed by atoms with E-state index in [9.17, 15) is 18.4 Å². The summed E-state index contributed by atoms with van der Waals surface area (Å²) in [5, 5.41) is 14.9. The van der Waals surface area contributed by atoms with Gasteiger partial charge in [0.05, 0.1) is 18.0 Å². The van der Waals surface area contributed by atoms with Gasteiger partial charge >= 0.3 is 6.03 Å². The van der Waals surface area contributed by atoms with E-state index in [2.05, 4.69) is 117 Å². The van der Waals surface area contributed by atoms with E-state index in [1.807, 2.05) is 71.2 Å². The number of urea groups is 1. The molecule has 1 unspecified atom stereocenters. The van der Waals surface area contributed by atoms with Crippen LogP contribution in [-0.2, 0) is 11.2 Å². The predicted molar refractivity (Wildman–Crippen MR) is 327 cm³/mol. The highest BCUT2D eigenvalue weighted by Gasteiger charge is 2.19. The van der Waals surface area contributed by atoms with Crippen molar-refractivity contribution in [3.63, 3.8) is 0 Å². The topological polar surface area (TPSA) is 158 Å². The quantitative estimate of drug-likeness (QED) is 0.0300. The Labute approximate surface area is 462 Å². The molecule has 3 rings (SSSR count). The van der Waals surface area contributed by atoms with Gasteiger partial charge in [0.2, 0.25) is 11.8 Å². The van der Waals surface area contributed by atoms with Gasteiger partial charge in [0.1, 0.15) is 12.2 Å². The number of rotatable bonds is 22. The number of aliphatic imine (C=N–C) groups is 2. The molecule has 0 bridgehead atoms. The first-order chi connectivity index (χ1) is 36.3. The van der Waals surface area contributed by atoms with Gasteiger partial charge in [0, 0.05) is 53.8 Å². The fourth-order valence-corrected chi connectivity index (χ4v) is 6.39. The number of anilines is 1. The fourth-order valence-electron chi connectivity index (χ4n) is 5.87. The fraction of sp³-hybridized carbons (Fsp3) is 0.475. The standard InChI is InChI=1S/C26H27F2N5O3.C15H22.C10H20N2S.C7H18N2.C3H8/c1-4-6-17(3)33-15-19(5-2)25(29-16-30-33)36-23-12-11-21(14-22(23)28)31-26(35)32-24(34)13-18-7-9-20(27)10-8-18;1-7-13(4)9-8-10-14(5)15(6)11-12(2)3;1-4-6-7-8-9-12-13-10(3)11-5-2;1-3-7(8)5-6-9-4-2;1-3-2/h5-12,14,16H,4,13,15H2,1-3H3,(H2,31,32,34,35);8-11H,5-7H2,1-4H3;9H,4-8H2,1-3H3;7,9H,3-6,8H2,1-2H3;3H2,1-2H3/b17-6-,19-5-;10-8-,13-9+;11-10?,12-9+;;. The number of halogens is 2. The minimum Gasteiger partial charge on any atom is -0.436 e. The van der Waals surface area contributed by atoms with Crippen molar-refractivity contribution < 1.29 is 23.1 Å². The second-order valence-corrected chi connectivity index (χ2v) is 18.7. The lowest BCUT2D eigenvalue weighted by atomic mass is 10.1. The number of benzene rings is 2. The summed E-state index contributed by atoms with van der Waals surface area (Å²) in [4.78, 5) is 32.6. The van der Waals surface area contributed by atoms with Gasteiger partial charge in [-0.1, -0.05) is 141 Å². The number of hydrazone groups is 1. The number of nitrogens with one attached hydrogen (secondary N) is 3. The molecule has 1 aliphatic rings. The van der Waals surface area contributed by atoms with E-state index in [0.717, 1.165) is 85.3 Å². The van der Waals surface area contributed by atoms with Crippen LogP contribution in [-0.4, -0.2) is 72.7 Å². The molecule has 0 spiro atoms. The number of nitrogens with two attached hydrogens (primary N) is 1. The Morgan fingerprint density at radius 2 is 1.64 bits per heavy atom. The molecule has 422 valence electrons. The largest absolute Gasteiger partial charge is 0.436 e. The maximum absolute atomic E-state index is 14.8. The highest BCUT2D eigenvalue weighted by Crippen LogP contribution is 2.24. The Kier molecular flexibility index (Phi) is 43.9. The number of ether oxygens (including phenoxy) is 1. The molecule has 0 aromatic heterocycles. The van der Waals surface area contributed by atoms with Crippen LogP contribution >= 0.6 is 11.9 Å². The summed E-state index contributed by atoms with van der Waals surface area (Å²) in [5.41, 5.74) is 12.6. The van der Waals surface area contributed by atoms with Crippen LogP contribution in [0.1, 0.15) is 160 Å². The van der Waals surface area contributed by atoms with E-state index in [-0.39, 0.29) is 23.8 Å². The molecule has 76 heavy (non-hydrogen) atoms. The van der Waals surface area contributed by atoms with Crippen LogP contribution in [0.5, 0.6) is 5.75 Å². The Hall–Kier alpha value is -6.03. The van der Waals surface area contributed by atoms with Gasteiger partial charge in [-0.05, 0) is 141 Å². The normalized spacial score (nSPS) is 13.3. The number of nitrogens with zero attached hydrogens (tertiary/aromatic N) is 5. The zero-order valence-electron chi connectivity index (χ0n) is 48.8. The first-order valence-corrected chi connectivity index (χ1v) is 27.6. The zero-order chi connectivity index (χ0) is 57.7. The van der Waals surface area contributed by atoms with Gasteiger partial charge in [0.15, 0.2) is 11.6 Å². The minimum absolute atomic E-state index is 0.0888. The molecule has 5 N–H and O–H groups in total. The van der Waals surface area contributed by atoms with E-state index in [4.69, 9.17) is 10.5 Å². The van der Waals surface area contributed by atoms with Crippen molar-refractivity contribution in [2.75, 3.05) is 31.5 Å². The molecule has 3 amide bonds. The third kappa shape index (κ3) is 37.7. The lowest BCUT2D eigenvalue weighted by Crippen LogP contribution is -2.35. The molecule has 0 aliphatic carbocycles. The average molecular weight is 1070 g/mol. The van der Waals surface area contributed by atoms with Crippen LogP contribution in [0.4, 0.5) is 19.3 Å². The minimum atomic E-state index is -0.827. The van der Waals surface area contributed by atoms with Crippen LogP contribution in [0.15, 0.2) is 145 Å². The molecule has 1 atom stereocenters. The number of hydrogen-bond donors (Lipinski definition) is 4. The molecule has 0 saturated heterocycles. The van der Waals surface area contributed by atoms with E-state index in [1.54, 1.807) is 5.01 Å². The van der Waals surface area contributed by atoms with Crippen LogP contribution in [0, 0.1) is 11.6 Å².